The van der Waals surface area contributed by atoms with Gasteiger partial charge in [-0.15, -0.1) is 23.1 Å². The van der Waals surface area contributed by atoms with E-state index in [1.54, 1.807) is 14.2 Å². The number of hydrogen-bond donors (Lipinski definition) is 1. The van der Waals surface area contributed by atoms with E-state index in [-0.39, 0.29) is 5.91 Å². The van der Waals surface area contributed by atoms with Crippen LogP contribution in [0.5, 0.6) is 11.5 Å². The van der Waals surface area contributed by atoms with Crippen LogP contribution in [0.3, 0.4) is 0 Å². The van der Waals surface area contributed by atoms with E-state index in [0.717, 1.165) is 16.8 Å². The molecule has 1 amide bonds. The molecule has 0 fully saturated rings. The fourth-order valence-corrected chi connectivity index (χ4v) is 4.34. The standard InChI is InChI=1S/C22H24N2O3S2/c1-14(2)29-17-8-5-15(6-9-17)11-21(25)24-22-23-19(13-28-22)18-10-7-16(26-3)12-20(18)27-4/h5-10,12-14H,11H2,1-4H3,(H,23,24,25). The van der Waals surface area contributed by atoms with Crippen molar-refractivity contribution in [3.63, 3.8) is 0 Å². The highest BCUT2D eigenvalue weighted by molar-refractivity contribution is 7.99. The minimum Gasteiger partial charge on any atom is -0.497 e. The lowest BCUT2D eigenvalue weighted by atomic mass is 10.1. The number of rotatable bonds is 8. The first-order chi connectivity index (χ1) is 14.0. The van der Waals surface area contributed by atoms with E-state index in [2.05, 4.69) is 36.3 Å². The maximum absolute atomic E-state index is 12.4. The van der Waals surface area contributed by atoms with E-state index in [0.29, 0.717) is 28.3 Å². The van der Waals surface area contributed by atoms with Gasteiger partial charge < -0.3 is 14.8 Å². The fraction of sp³-hybridized carbons (Fsp3) is 0.273. The molecular weight excluding hydrogens is 404 g/mol. The van der Waals surface area contributed by atoms with E-state index < -0.39 is 0 Å². The van der Waals surface area contributed by atoms with Gasteiger partial charge in [0.15, 0.2) is 5.13 Å². The number of amides is 1. The van der Waals surface area contributed by atoms with Crippen LogP contribution in [0.25, 0.3) is 11.3 Å². The topological polar surface area (TPSA) is 60.5 Å². The molecule has 0 unspecified atom stereocenters. The van der Waals surface area contributed by atoms with Crippen LogP contribution in [0.1, 0.15) is 19.4 Å². The fourth-order valence-electron chi connectivity index (χ4n) is 2.77. The minimum absolute atomic E-state index is 0.0862. The maximum Gasteiger partial charge on any atom is 0.230 e. The summed E-state index contributed by atoms with van der Waals surface area (Å²) >= 11 is 3.20. The molecule has 7 heteroatoms. The summed E-state index contributed by atoms with van der Waals surface area (Å²) in [6.07, 6.45) is 0.313. The molecule has 1 heterocycles. The minimum atomic E-state index is -0.0862. The molecule has 0 saturated carbocycles. The number of thiazole rings is 1. The number of aromatic nitrogens is 1. The van der Waals surface area contributed by atoms with Gasteiger partial charge in [0.25, 0.3) is 0 Å². The molecular formula is C22H24N2O3S2. The van der Waals surface area contributed by atoms with Crippen LogP contribution in [-0.4, -0.2) is 30.4 Å². The molecule has 0 aliphatic rings. The third-order valence-corrected chi connectivity index (χ3v) is 5.87. The van der Waals surface area contributed by atoms with Gasteiger partial charge in [0.1, 0.15) is 11.5 Å². The summed E-state index contributed by atoms with van der Waals surface area (Å²) in [6, 6.07) is 13.7. The van der Waals surface area contributed by atoms with Crippen LogP contribution in [0.2, 0.25) is 0 Å². The Balaban J connectivity index is 1.65. The number of methoxy groups -OCH3 is 2. The first kappa shape index (κ1) is 21.2. The van der Waals surface area contributed by atoms with Crippen molar-refractivity contribution in [2.24, 2.45) is 0 Å². The SMILES string of the molecule is COc1ccc(-c2csc(NC(=O)Cc3ccc(SC(C)C)cc3)n2)c(OC)c1. The van der Waals surface area contributed by atoms with E-state index in [9.17, 15) is 4.79 Å². The van der Waals surface area contributed by atoms with Gasteiger partial charge in [-0.1, -0.05) is 26.0 Å². The van der Waals surface area contributed by atoms with Crippen LogP contribution in [-0.2, 0) is 11.2 Å². The number of carbonyl (C=O) groups excluding carboxylic acids is 1. The molecule has 0 bridgehead atoms. The van der Waals surface area contributed by atoms with Crippen molar-refractivity contribution >= 4 is 34.1 Å². The van der Waals surface area contributed by atoms with Gasteiger partial charge in [-0.25, -0.2) is 4.98 Å². The monoisotopic (exact) mass is 428 g/mol. The Hall–Kier alpha value is -2.51. The van der Waals surface area contributed by atoms with Crippen LogP contribution >= 0.6 is 23.1 Å². The van der Waals surface area contributed by atoms with Crippen molar-refractivity contribution in [1.29, 1.82) is 0 Å². The predicted molar refractivity (Wildman–Crippen MR) is 120 cm³/mol. The zero-order chi connectivity index (χ0) is 20.8. The summed E-state index contributed by atoms with van der Waals surface area (Å²) in [5.74, 6) is 1.30. The number of ether oxygens (including phenoxy) is 2. The van der Waals surface area contributed by atoms with Gasteiger partial charge in [0.2, 0.25) is 5.91 Å². The van der Waals surface area contributed by atoms with Gasteiger partial charge in [0.05, 0.1) is 26.3 Å². The lowest BCUT2D eigenvalue weighted by molar-refractivity contribution is -0.115. The van der Waals surface area contributed by atoms with Crippen LogP contribution < -0.4 is 14.8 Å². The smallest absolute Gasteiger partial charge is 0.230 e. The molecule has 1 N–H and O–H groups in total. The molecule has 0 radical (unpaired) electrons. The van der Waals surface area contributed by atoms with Gasteiger partial charge in [0, 0.05) is 27.2 Å². The highest BCUT2D eigenvalue weighted by atomic mass is 32.2. The lowest BCUT2D eigenvalue weighted by Crippen LogP contribution is -2.14. The maximum atomic E-state index is 12.4. The summed E-state index contributed by atoms with van der Waals surface area (Å²) in [5, 5.41) is 5.89. The first-order valence-corrected chi connectivity index (χ1v) is 11.0. The van der Waals surface area contributed by atoms with Crippen molar-refractivity contribution in [3.05, 3.63) is 53.4 Å². The average molecular weight is 429 g/mol. The predicted octanol–water partition coefficient (Wildman–Crippen LogP) is 5.51. The number of hydrogen-bond acceptors (Lipinski definition) is 6. The van der Waals surface area contributed by atoms with Gasteiger partial charge in [-0.2, -0.15) is 0 Å². The zero-order valence-electron chi connectivity index (χ0n) is 16.9. The van der Waals surface area contributed by atoms with Crippen molar-refractivity contribution in [3.8, 4) is 22.8 Å². The summed E-state index contributed by atoms with van der Waals surface area (Å²) in [6.45, 7) is 4.33. The molecule has 0 saturated heterocycles. The van der Waals surface area contributed by atoms with Crippen LogP contribution in [0.15, 0.2) is 52.7 Å². The third-order valence-electron chi connectivity index (χ3n) is 4.10. The van der Waals surface area contributed by atoms with Crippen LogP contribution in [0, 0.1) is 0 Å². The Labute approximate surface area is 179 Å². The Morgan fingerprint density at radius 1 is 1.14 bits per heavy atom. The largest absolute Gasteiger partial charge is 0.497 e. The molecule has 0 aliphatic heterocycles. The van der Waals surface area contributed by atoms with Crippen molar-refractivity contribution in [2.45, 2.75) is 30.4 Å². The molecule has 152 valence electrons. The van der Waals surface area contributed by atoms with Crippen molar-refractivity contribution in [1.82, 2.24) is 4.98 Å². The molecule has 2 aromatic carbocycles. The Morgan fingerprint density at radius 2 is 1.90 bits per heavy atom. The first-order valence-electron chi connectivity index (χ1n) is 9.22. The molecule has 1 aromatic heterocycles. The normalized spacial score (nSPS) is 10.8. The molecule has 3 aromatic rings. The number of nitrogens with zero attached hydrogens (tertiary/aromatic N) is 1. The summed E-state index contributed by atoms with van der Waals surface area (Å²) in [7, 11) is 3.22. The van der Waals surface area contributed by atoms with E-state index in [4.69, 9.17) is 9.47 Å². The van der Waals surface area contributed by atoms with E-state index >= 15 is 0 Å². The zero-order valence-corrected chi connectivity index (χ0v) is 18.5. The van der Waals surface area contributed by atoms with E-state index in [1.165, 1.54) is 16.2 Å². The number of nitrogens with one attached hydrogen (secondary N) is 1. The van der Waals surface area contributed by atoms with Crippen molar-refractivity contribution in [2.75, 3.05) is 19.5 Å². The average Bonchev–Trinajstić information content (AvgIpc) is 3.16. The summed E-state index contributed by atoms with van der Waals surface area (Å²) < 4.78 is 10.7. The Kier molecular flexibility index (Phi) is 7.17. The number of thioether (sulfide) groups is 1. The summed E-state index contributed by atoms with van der Waals surface area (Å²) in [5.41, 5.74) is 2.58. The van der Waals surface area contributed by atoms with Crippen molar-refractivity contribution < 1.29 is 14.3 Å². The molecule has 3 rings (SSSR count). The van der Waals surface area contributed by atoms with Gasteiger partial charge >= 0.3 is 0 Å². The molecule has 29 heavy (non-hydrogen) atoms. The Bertz CT molecular complexity index is 968. The van der Waals surface area contributed by atoms with Crippen LogP contribution in [0.4, 0.5) is 5.13 Å². The second kappa shape index (κ2) is 9.80. The summed E-state index contributed by atoms with van der Waals surface area (Å²) in [4.78, 5) is 18.2. The van der Waals surface area contributed by atoms with E-state index in [1.807, 2.05) is 47.5 Å². The number of anilines is 1. The molecule has 0 atom stereocenters. The third kappa shape index (κ3) is 5.74. The quantitative estimate of drug-likeness (QED) is 0.480. The van der Waals surface area contributed by atoms with Gasteiger partial charge in [-0.05, 0) is 29.8 Å². The number of carbonyl (C=O) groups is 1. The molecule has 5 nitrogen and oxygen atoms in total. The highest BCUT2D eigenvalue weighted by Gasteiger charge is 2.13. The second-order valence-electron chi connectivity index (χ2n) is 6.64. The van der Waals surface area contributed by atoms with Gasteiger partial charge in [-0.3, -0.25) is 4.79 Å². The Morgan fingerprint density at radius 3 is 2.55 bits per heavy atom. The molecule has 0 aliphatic carbocycles. The lowest BCUT2D eigenvalue weighted by Gasteiger charge is -2.08. The molecule has 0 spiro atoms. The second-order valence-corrected chi connectivity index (χ2v) is 9.15. The highest BCUT2D eigenvalue weighted by Crippen LogP contribution is 2.34. The number of benzene rings is 2.